The zero-order valence-corrected chi connectivity index (χ0v) is 18.4. The Morgan fingerprint density at radius 2 is 1.70 bits per heavy atom. The number of aryl methyl sites for hydroxylation is 1. The maximum absolute atomic E-state index is 13.6. The minimum atomic E-state index is -3.74. The second kappa shape index (κ2) is 7.34. The number of ether oxygens (including phenoxy) is 1. The van der Waals surface area contributed by atoms with Crippen LogP contribution in [0.1, 0.15) is 11.1 Å². The van der Waals surface area contributed by atoms with Crippen LogP contribution in [0.15, 0.2) is 53.4 Å². The lowest BCUT2D eigenvalue weighted by Gasteiger charge is -2.55. The summed E-state index contributed by atoms with van der Waals surface area (Å²) in [5.74, 6) is 0.635. The molecule has 2 aromatic carbocycles. The molecule has 4 fully saturated rings. The number of fused-ring (bicyclic) bond motifs is 1. The van der Waals surface area contributed by atoms with E-state index in [1.807, 2.05) is 19.1 Å². The van der Waals surface area contributed by atoms with Gasteiger partial charge in [0.05, 0.1) is 7.11 Å². The minimum absolute atomic E-state index is 0.152. The molecular formula is C23H29N3O3S. The van der Waals surface area contributed by atoms with Gasteiger partial charge in [-0.25, -0.2) is 13.1 Å². The van der Waals surface area contributed by atoms with Crippen molar-refractivity contribution in [2.75, 3.05) is 46.4 Å². The zero-order chi connectivity index (χ0) is 20.9. The van der Waals surface area contributed by atoms with Crippen LogP contribution >= 0.6 is 0 Å². The van der Waals surface area contributed by atoms with Crippen molar-refractivity contribution in [3.05, 3.63) is 59.7 Å². The molecule has 2 aromatic rings. The predicted molar refractivity (Wildman–Crippen MR) is 116 cm³/mol. The highest BCUT2D eigenvalue weighted by atomic mass is 32.2. The number of piperidine rings is 2. The summed E-state index contributed by atoms with van der Waals surface area (Å²) in [7, 11) is -2.22. The van der Waals surface area contributed by atoms with E-state index in [0.717, 1.165) is 44.8 Å². The molecule has 4 aliphatic heterocycles. The van der Waals surface area contributed by atoms with E-state index in [9.17, 15) is 8.42 Å². The summed E-state index contributed by atoms with van der Waals surface area (Å²) >= 11 is 0. The van der Waals surface area contributed by atoms with Crippen molar-refractivity contribution in [3.8, 4) is 5.75 Å². The Hall–Kier alpha value is -1.93. The molecule has 4 aliphatic rings. The molecule has 6 rings (SSSR count). The first-order valence-corrected chi connectivity index (χ1v) is 12.1. The fraction of sp³-hybridized carbons (Fsp3) is 0.478. The van der Waals surface area contributed by atoms with E-state index in [4.69, 9.17) is 4.74 Å². The van der Waals surface area contributed by atoms with Gasteiger partial charge in [0.25, 0.3) is 0 Å². The molecule has 7 heteroatoms. The van der Waals surface area contributed by atoms with Crippen molar-refractivity contribution in [2.24, 2.45) is 5.92 Å². The van der Waals surface area contributed by atoms with Gasteiger partial charge in [0.15, 0.2) is 0 Å². The molecule has 3 atom stereocenters. The average molecular weight is 428 g/mol. The van der Waals surface area contributed by atoms with E-state index in [1.165, 1.54) is 12.7 Å². The molecule has 0 radical (unpaired) electrons. The van der Waals surface area contributed by atoms with Crippen LogP contribution in [0, 0.1) is 12.8 Å². The van der Waals surface area contributed by atoms with E-state index in [1.54, 1.807) is 12.1 Å². The Morgan fingerprint density at radius 1 is 1.03 bits per heavy atom. The molecule has 3 unspecified atom stereocenters. The van der Waals surface area contributed by atoms with Gasteiger partial charge >= 0.3 is 0 Å². The highest BCUT2D eigenvalue weighted by Gasteiger charge is 2.56. The van der Waals surface area contributed by atoms with Crippen LogP contribution < -0.4 is 9.46 Å². The number of sulfonamides is 1. The smallest absolute Gasteiger partial charge is 0.244 e. The van der Waals surface area contributed by atoms with E-state index < -0.39 is 10.0 Å². The van der Waals surface area contributed by atoms with Crippen LogP contribution in [0.3, 0.4) is 0 Å². The van der Waals surface area contributed by atoms with Gasteiger partial charge < -0.3 is 14.5 Å². The second-order valence-corrected chi connectivity index (χ2v) is 10.7. The number of hydrogen-bond donors (Lipinski definition) is 1. The Kier molecular flexibility index (Phi) is 4.89. The predicted octanol–water partition coefficient (Wildman–Crippen LogP) is 1.85. The van der Waals surface area contributed by atoms with Crippen LogP contribution in [-0.4, -0.2) is 70.6 Å². The highest BCUT2D eigenvalue weighted by Crippen LogP contribution is 2.44. The van der Waals surface area contributed by atoms with Gasteiger partial charge in [0, 0.05) is 56.6 Å². The van der Waals surface area contributed by atoms with Crippen molar-refractivity contribution < 1.29 is 13.2 Å². The van der Waals surface area contributed by atoms with Crippen molar-refractivity contribution in [3.63, 3.8) is 0 Å². The lowest BCUT2D eigenvalue weighted by atomic mass is 9.65. The molecule has 0 aliphatic carbocycles. The monoisotopic (exact) mass is 427 g/mol. The summed E-state index contributed by atoms with van der Waals surface area (Å²) in [6.07, 6.45) is 0. The van der Waals surface area contributed by atoms with E-state index in [0.29, 0.717) is 5.75 Å². The SMILES string of the molecule is COc1ccc(C)cc1S(=O)(=O)NC1C2CN3CCN(C2)CC1(c1ccccc1)C3. The van der Waals surface area contributed by atoms with Gasteiger partial charge in [-0.05, 0) is 30.2 Å². The Bertz CT molecular complexity index is 1020. The van der Waals surface area contributed by atoms with Crippen molar-refractivity contribution in [2.45, 2.75) is 23.3 Å². The van der Waals surface area contributed by atoms with Gasteiger partial charge in [0.2, 0.25) is 10.0 Å². The molecule has 30 heavy (non-hydrogen) atoms. The molecule has 4 heterocycles. The van der Waals surface area contributed by atoms with Crippen LogP contribution in [0.2, 0.25) is 0 Å². The number of methoxy groups -OCH3 is 1. The first-order chi connectivity index (χ1) is 14.4. The van der Waals surface area contributed by atoms with Gasteiger partial charge in [-0.2, -0.15) is 0 Å². The highest BCUT2D eigenvalue weighted by molar-refractivity contribution is 7.89. The number of nitrogens with zero attached hydrogens (tertiary/aromatic N) is 2. The first kappa shape index (κ1) is 20.0. The average Bonchev–Trinajstić information content (AvgIpc) is 2.99. The molecule has 0 spiro atoms. The quantitative estimate of drug-likeness (QED) is 0.789. The van der Waals surface area contributed by atoms with Crippen LogP contribution in [0.4, 0.5) is 0 Å². The topological polar surface area (TPSA) is 61.9 Å². The van der Waals surface area contributed by atoms with E-state index in [2.05, 4.69) is 38.8 Å². The number of nitrogens with one attached hydrogen (secondary N) is 1. The summed E-state index contributed by atoms with van der Waals surface area (Å²) in [6.45, 7) is 7.63. The molecule has 4 saturated heterocycles. The summed E-state index contributed by atoms with van der Waals surface area (Å²) in [4.78, 5) is 5.26. The Morgan fingerprint density at radius 3 is 2.33 bits per heavy atom. The molecule has 4 bridgehead atoms. The largest absolute Gasteiger partial charge is 0.495 e. The maximum Gasteiger partial charge on any atom is 0.244 e. The van der Waals surface area contributed by atoms with E-state index >= 15 is 0 Å². The number of benzene rings is 2. The number of hydrogen-bond acceptors (Lipinski definition) is 5. The summed E-state index contributed by atoms with van der Waals surface area (Å²) < 4.78 is 35.7. The lowest BCUT2D eigenvalue weighted by Crippen LogP contribution is -2.70. The maximum atomic E-state index is 13.6. The minimum Gasteiger partial charge on any atom is -0.495 e. The Balaban J connectivity index is 1.58. The normalized spacial score (nSPS) is 32.7. The van der Waals surface area contributed by atoms with Gasteiger partial charge in [0.1, 0.15) is 10.6 Å². The molecule has 0 saturated carbocycles. The second-order valence-electron chi connectivity index (χ2n) is 9.01. The molecule has 1 N–H and O–H groups in total. The summed E-state index contributed by atoms with van der Waals surface area (Å²) in [6, 6.07) is 15.6. The van der Waals surface area contributed by atoms with Crippen LogP contribution in [0.5, 0.6) is 5.75 Å². The summed E-state index contributed by atoms with van der Waals surface area (Å²) in [5.41, 5.74) is 1.85. The van der Waals surface area contributed by atoms with Crippen LogP contribution in [-0.2, 0) is 15.4 Å². The molecular weight excluding hydrogens is 398 g/mol. The third-order valence-electron chi connectivity index (χ3n) is 7.04. The fourth-order valence-electron chi connectivity index (χ4n) is 5.75. The van der Waals surface area contributed by atoms with E-state index in [-0.39, 0.29) is 22.3 Å². The number of rotatable bonds is 5. The molecule has 0 amide bonds. The van der Waals surface area contributed by atoms with Gasteiger partial charge in [-0.1, -0.05) is 36.4 Å². The fourth-order valence-corrected chi connectivity index (χ4v) is 7.38. The zero-order valence-electron chi connectivity index (χ0n) is 17.5. The van der Waals surface area contributed by atoms with Crippen molar-refractivity contribution in [1.82, 2.24) is 14.5 Å². The summed E-state index contributed by atoms with van der Waals surface area (Å²) in [5, 5.41) is 0. The third-order valence-corrected chi connectivity index (χ3v) is 8.50. The Labute approximate surface area is 178 Å². The van der Waals surface area contributed by atoms with Crippen LogP contribution in [0.25, 0.3) is 0 Å². The van der Waals surface area contributed by atoms with Gasteiger partial charge in [-0.3, -0.25) is 0 Å². The molecule has 160 valence electrons. The first-order valence-electron chi connectivity index (χ1n) is 10.6. The standard InChI is InChI=1S/C23H29N3O3S/c1-17-8-9-20(29-2)21(12-17)30(27,28)24-22-18-13-25-10-11-26(14-18)16-23(22,15-25)19-6-4-3-5-7-19/h3-9,12,18,22,24H,10-11,13-16H2,1-2H3. The van der Waals surface area contributed by atoms with Crippen molar-refractivity contribution in [1.29, 1.82) is 0 Å². The van der Waals surface area contributed by atoms with Crippen molar-refractivity contribution >= 4 is 10.0 Å². The van der Waals surface area contributed by atoms with Gasteiger partial charge in [-0.15, -0.1) is 0 Å². The molecule has 0 aromatic heterocycles. The molecule has 6 nitrogen and oxygen atoms in total. The third kappa shape index (κ3) is 3.24. The lowest BCUT2D eigenvalue weighted by molar-refractivity contribution is 0.0281.